The minimum absolute atomic E-state index is 0.366. The number of hydrogen-bond donors (Lipinski definition) is 1. The van der Waals surface area contributed by atoms with Crippen LogP contribution >= 0.6 is 22.9 Å². The van der Waals surface area contributed by atoms with E-state index >= 15 is 0 Å². The van der Waals surface area contributed by atoms with E-state index in [1.807, 2.05) is 19.1 Å². The fraction of sp³-hybridized carbons (Fsp3) is 0.133. The SMILES string of the molecule is COC(=O)c1sc2ncnc(Nc3cccc(Cl)c3)c2c1C. The number of thiophene rings is 1. The van der Waals surface area contributed by atoms with Crippen LogP contribution in [0.1, 0.15) is 15.2 Å². The van der Waals surface area contributed by atoms with Crippen LogP contribution in [0.2, 0.25) is 5.02 Å². The monoisotopic (exact) mass is 333 g/mol. The predicted molar refractivity (Wildman–Crippen MR) is 88.2 cm³/mol. The van der Waals surface area contributed by atoms with Gasteiger partial charge in [0, 0.05) is 10.7 Å². The van der Waals surface area contributed by atoms with Gasteiger partial charge in [-0.3, -0.25) is 0 Å². The van der Waals surface area contributed by atoms with E-state index in [0.717, 1.165) is 21.5 Å². The summed E-state index contributed by atoms with van der Waals surface area (Å²) in [6, 6.07) is 7.35. The molecule has 7 heteroatoms. The normalized spacial score (nSPS) is 10.7. The molecule has 3 rings (SSSR count). The summed E-state index contributed by atoms with van der Waals surface area (Å²) in [6.07, 6.45) is 1.46. The molecule has 0 bridgehead atoms. The van der Waals surface area contributed by atoms with Crippen molar-refractivity contribution >= 4 is 50.6 Å². The lowest BCUT2D eigenvalue weighted by molar-refractivity contribution is 0.0605. The molecule has 0 saturated heterocycles. The number of fused-ring (bicyclic) bond motifs is 1. The van der Waals surface area contributed by atoms with Gasteiger partial charge < -0.3 is 10.1 Å². The summed E-state index contributed by atoms with van der Waals surface area (Å²) in [5.74, 6) is 0.269. The summed E-state index contributed by atoms with van der Waals surface area (Å²) < 4.78 is 4.81. The first-order chi connectivity index (χ1) is 10.6. The van der Waals surface area contributed by atoms with Gasteiger partial charge in [0.05, 0.1) is 12.5 Å². The molecular weight excluding hydrogens is 322 g/mol. The van der Waals surface area contributed by atoms with Crippen LogP contribution in [0.5, 0.6) is 0 Å². The van der Waals surface area contributed by atoms with Gasteiger partial charge in [0.2, 0.25) is 0 Å². The van der Waals surface area contributed by atoms with Crippen molar-refractivity contribution in [3.05, 3.63) is 46.1 Å². The summed E-state index contributed by atoms with van der Waals surface area (Å²) in [5, 5.41) is 4.66. The summed E-state index contributed by atoms with van der Waals surface area (Å²) >= 11 is 7.29. The number of aromatic nitrogens is 2. The van der Waals surface area contributed by atoms with Gasteiger partial charge in [-0.2, -0.15) is 0 Å². The molecule has 1 N–H and O–H groups in total. The smallest absolute Gasteiger partial charge is 0.348 e. The molecule has 0 aliphatic carbocycles. The minimum atomic E-state index is -0.366. The van der Waals surface area contributed by atoms with Crippen LogP contribution in [0.4, 0.5) is 11.5 Å². The van der Waals surface area contributed by atoms with Crippen molar-refractivity contribution in [2.24, 2.45) is 0 Å². The number of methoxy groups -OCH3 is 1. The molecule has 0 spiro atoms. The van der Waals surface area contributed by atoms with Gasteiger partial charge in [-0.05, 0) is 30.7 Å². The van der Waals surface area contributed by atoms with E-state index < -0.39 is 0 Å². The highest BCUT2D eigenvalue weighted by Gasteiger charge is 2.19. The molecule has 2 aromatic heterocycles. The second-order valence-corrected chi connectivity index (χ2v) is 6.02. The summed E-state index contributed by atoms with van der Waals surface area (Å²) in [5.41, 5.74) is 1.62. The molecule has 0 amide bonds. The highest BCUT2D eigenvalue weighted by molar-refractivity contribution is 7.20. The molecule has 0 radical (unpaired) electrons. The number of esters is 1. The number of nitrogens with one attached hydrogen (secondary N) is 1. The lowest BCUT2D eigenvalue weighted by atomic mass is 10.2. The number of hydrogen-bond acceptors (Lipinski definition) is 6. The summed E-state index contributed by atoms with van der Waals surface area (Å²) in [7, 11) is 1.36. The third kappa shape index (κ3) is 2.63. The Labute approximate surface area is 135 Å². The average molecular weight is 334 g/mol. The number of anilines is 2. The molecule has 0 fully saturated rings. The number of nitrogens with zero attached hydrogens (tertiary/aromatic N) is 2. The third-order valence-electron chi connectivity index (χ3n) is 3.18. The lowest BCUT2D eigenvalue weighted by Gasteiger charge is -2.07. The molecule has 112 valence electrons. The molecule has 22 heavy (non-hydrogen) atoms. The van der Waals surface area contributed by atoms with Gasteiger partial charge in [0.1, 0.15) is 21.9 Å². The molecule has 3 aromatic rings. The minimum Gasteiger partial charge on any atom is -0.465 e. The number of rotatable bonds is 3. The van der Waals surface area contributed by atoms with Gasteiger partial charge in [-0.25, -0.2) is 14.8 Å². The van der Waals surface area contributed by atoms with Gasteiger partial charge in [-0.1, -0.05) is 17.7 Å². The first-order valence-electron chi connectivity index (χ1n) is 6.45. The zero-order valence-corrected chi connectivity index (χ0v) is 13.5. The Balaban J connectivity index is 2.10. The molecule has 0 saturated carbocycles. The number of carbonyl (C=O) groups excluding carboxylic acids is 1. The van der Waals surface area contributed by atoms with Crippen LogP contribution < -0.4 is 5.32 Å². The largest absolute Gasteiger partial charge is 0.465 e. The van der Waals surface area contributed by atoms with E-state index in [1.165, 1.54) is 24.8 Å². The van der Waals surface area contributed by atoms with E-state index in [2.05, 4.69) is 15.3 Å². The molecular formula is C15H12ClN3O2S. The Morgan fingerprint density at radius 1 is 1.36 bits per heavy atom. The average Bonchev–Trinajstić information content (AvgIpc) is 2.85. The predicted octanol–water partition coefficient (Wildman–Crippen LogP) is 4.18. The van der Waals surface area contributed by atoms with E-state index in [9.17, 15) is 4.79 Å². The van der Waals surface area contributed by atoms with Crippen molar-refractivity contribution in [2.45, 2.75) is 6.92 Å². The van der Waals surface area contributed by atoms with Crippen molar-refractivity contribution in [1.82, 2.24) is 9.97 Å². The maximum absolute atomic E-state index is 11.8. The highest BCUT2D eigenvalue weighted by Crippen LogP contribution is 2.34. The standard InChI is InChI=1S/C15H12ClN3O2S/c1-8-11-13(19-10-5-3-4-9(16)6-10)17-7-18-14(11)22-12(8)15(20)21-2/h3-7H,1-2H3,(H,17,18,19). The van der Waals surface area contributed by atoms with E-state index in [-0.39, 0.29) is 5.97 Å². The zero-order valence-electron chi connectivity index (χ0n) is 11.9. The third-order valence-corrected chi connectivity index (χ3v) is 4.60. The van der Waals surface area contributed by atoms with Gasteiger partial charge >= 0.3 is 5.97 Å². The van der Waals surface area contributed by atoms with Crippen molar-refractivity contribution in [3.63, 3.8) is 0 Å². The fourth-order valence-electron chi connectivity index (χ4n) is 2.16. The Hall–Kier alpha value is -2.18. The van der Waals surface area contributed by atoms with Crippen molar-refractivity contribution in [1.29, 1.82) is 0 Å². The van der Waals surface area contributed by atoms with Gasteiger partial charge in [-0.15, -0.1) is 11.3 Å². The molecule has 0 aliphatic rings. The molecule has 0 unspecified atom stereocenters. The maximum atomic E-state index is 11.8. The van der Waals surface area contributed by atoms with E-state index in [1.54, 1.807) is 12.1 Å². The molecule has 5 nitrogen and oxygen atoms in total. The second-order valence-electron chi connectivity index (χ2n) is 4.59. The first-order valence-corrected chi connectivity index (χ1v) is 7.64. The van der Waals surface area contributed by atoms with Crippen LogP contribution in [0.3, 0.4) is 0 Å². The topological polar surface area (TPSA) is 64.1 Å². The Bertz CT molecular complexity index is 863. The Kier molecular flexibility index (Phi) is 3.96. The number of benzene rings is 1. The summed E-state index contributed by atoms with van der Waals surface area (Å²) in [6.45, 7) is 1.86. The van der Waals surface area contributed by atoms with Gasteiger partial charge in [0.25, 0.3) is 0 Å². The molecule has 1 aromatic carbocycles. The number of aryl methyl sites for hydroxylation is 1. The number of halogens is 1. The number of ether oxygens (including phenoxy) is 1. The van der Waals surface area contributed by atoms with Crippen molar-refractivity contribution in [3.8, 4) is 0 Å². The van der Waals surface area contributed by atoms with E-state index in [0.29, 0.717) is 15.7 Å². The van der Waals surface area contributed by atoms with Crippen LogP contribution in [0, 0.1) is 6.92 Å². The quantitative estimate of drug-likeness (QED) is 0.728. The maximum Gasteiger partial charge on any atom is 0.348 e. The molecule has 2 heterocycles. The zero-order chi connectivity index (χ0) is 15.7. The van der Waals surface area contributed by atoms with Crippen LogP contribution in [0.15, 0.2) is 30.6 Å². The first kappa shape index (κ1) is 14.7. The molecule has 0 atom stereocenters. The highest BCUT2D eigenvalue weighted by atomic mass is 35.5. The van der Waals surface area contributed by atoms with Crippen LogP contribution in [0.25, 0.3) is 10.2 Å². The van der Waals surface area contributed by atoms with Crippen LogP contribution in [-0.2, 0) is 4.74 Å². The Morgan fingerprint density at radius 3 is 2.91 bits per heavy atom. The van der Waals surface area contributed by atoms with Gasteiger partial charge in [0.15, 0.2) is 0 Å². The van der Waals surface area contributed by atoms with E-state index in [4.69, 9.17) is 16.3 Å². The number of carbonyl (C=O) groups is 1. The van der Waals surface area contributed by atoms with Crippen LogP contribution in [-0.4, -0.2) is 23.0 Å². The second kappa shape index (κ2) is 5.90. The van der Waals surface area contributed by atoms with Crippen molar-refractivity contribution in [2.75, 3.05) is 12.4 Å². The molecule has 0 aliphatic heterocycles. The Morgan fingerprint density at radius 2 is 2.18 bits per heavy atom. The fourth-order valence-corrected chi connectivity index (χ4v) is 3.41. The summed E-state index contributed by atoms with van der Waals surface area (Å²) in [4.78, 5) is 21.6. The van der Waals surface area contributed by atoms with Crippen molar-refractivity contribution < 1.29 is 9.53 Å². The lowest BCUT2D eigenvalue weighted by Crippen LogP contribution is -2.00.